The predicted molar refractivity (Wildman–Crippen MR) is 90.3 cm³/mol. The van der Waals surface area contributed by atoms with Crippen molar-refractivity contribution in [1.29, 1.82) is 0 Å². The number of ether oxygens (including phenoxy) is 2. The van der Waals surface area contributed by atoms with Gasteiger partial charge in [-0.05, 0) is 56.4 Å². The molecule has 0 unspecified atom stereocenters. The average molecular weight is 297 g/mol. The summed E-state index contributed by atoms with van der Waals surface area (Å²) in [4.78, 5) is 0. The molecule has 0 spiro atoms. The highest BCUT2D eigenvalue weighted by Gasteiger charge is 2.18. The molecule has 22 heavy (non-hydrogen) atoms. The zero-order valence-corrected chi connectivity index (χ0v) is 13.3. The minimum absolute atomic E-state index is 0.322. The highest BCUT2D eigenvalue weighted by atomic mass is 16.5. The van der Waals surface area contributed by atoms with Gasteiger partial charge in [0.1, 0.15) is 0 Å². The van der Waals surface area contributed by atoms with E-state index < -0.39 is 0 Å². The molecule has 1 aliphatic carbocycles. The van der Waals surface area contributed by atoms with Crippen LogP contribution in [0.1, 0.15) is 31.2 Å². The molecule has 3 rings (SSSR count). The van der Waals surface area contributed by atoms with E-state index in [2.05, 4.69) is 24.4 Å². The summed E-state index contributed by atoms with van der Waals surface area (Å²) in [5.41, 5.74) is 3.35. The van der Waals surface area contributed by atoms with E-state index in [1.54, 1.807) is 7.11 Å². The Labute approximate surface area is 132 Å². The Hall–Kier alpha value is -2.16. The molecular weight excluding hydrogens is 274 g/mol. The van der Waals surface area contributed by atoms with Crippen LogP contribution in [0.5, 0.6) is 11.5 Å². The maximum atomic E-state index is 6.14. The summed E-state index contributed by atoms with van der Waals surface area (Å²) in [6, 6.07) is 14.3. The molecule has 0 radical (unpaired) electrons. The molecule has 0 bridgehead atoms. The Bertz CT molecular complexity index is 633. The first-order chi connectivity index (χ1) is 10.8. The fourth-order valence-electron chi connectivity index (χ4n) is 2.90. The Morgan fingerprint density at radius 3 is 2.50 bits per heavy atom. The highest BCUT2D eigenvalue weighted by molar-refractivity contribution is 5.65. The van der Waals surface area contributed by atoms with Crippen molar-refractivity contribution in [2.24, 2.45) is 0 Å². The number of hydrogen-bond acceptors (Lipinski definition) is 3. The molecule has 1 aliphatic rings. The maximum Gasteiger partial charge on any atom is 0.163 e. The third-order valence-electron chi connectivity index (χ3n) is 4.18. The number of nitrogens with one attached hydrogen (secondary N) is 1. The Kier molecular flexibility index (Phi) is 4.52. The van der Waals surface area contributed by atoms with Crippen LogP contribution in [0.3, 0.4) is 0 Å². The third kappa shape index (κ3) is 3.35. The molecular formula is C19H23NO2. The van der Waals surface area contributed by atoms with Crippen molar-refractivity contribution in [2.75, 3.05) is 12.4 Å². The van der Waals surface area contributed by atoms with E-state index >= 15 is 0 Å². The molecule has 116 valence electrons. The Balaban J connectivity index is 1.81. The topological polar surface area (TPSA) is 30.5 Å². The van der Waals surface area contributed by atoms with E-state index in [0.29, 0.717) is 6.10 Å². The second-order valence-electron chi connectivity index (χ2n) is 5.83. The lowest BCUT2D eigenvalue weighted by atomic mass is 10.2. The molecule has 0 aromatic heterocycles. The normalized spacial score (nSPS) is 14.8. The van der Waals surface area contributed by atoms with Crippen LogP contribution in [0.25, 0.3) is 0 Å². The first kappa shape index (κ1) is 14.8. The fourth-order valence-corrected chi connectivity index (χ4v) is 2.90. The van der Waals surface area contributed by atoms with Crippen LogP contribution < -0.4 is 14.8 Å². The van der Waals surface area contributed by atoms with Gasteiger partial charge in [0, 0.05) is 17.4 Å². The minimum atomic E-state index is 0.322. The van der Waals surface area contributed by atoms with Gasteiger partial charge in [0.2, 0.25) is 0 Å². The van der Waals surface area contributed by atoms with Crippen LogP contribution in [-0.4, -0.2) is 13.2 Å². The fraction of sp³-hybridized carbons (Fsp3) is 0.368. The summed E-state index contributed by atoms with van der Waals surface area (Å²) in [5.74, 6) is 1.62. The summed E-state index contributed by atoms with van der Waals surface area (Å²) in [6.07, 6.45) is 5.11. The van der Waals surface area contributed by atoms with Gasteiger partial charge in [-0.2, -0.15) is 0 Å². The smallest absolute Gasteiger partial charge is 0.163 e. The summed E-state index contributed by atoms with van der Waals surface area (Å²) in [5, 5.41) is 3.45. The SMILES string of the molecule is COc1ccc(Nc2ccccc2C)cc1OC1CCCC1. The number of benzene rings is 2. The molecule has 0 heterocycles. The molecule has 0 atom stereocenters. The van der Waals surface area contributed by atoms with E-state index in [0.717, 1.165) is 35.7 Å². The van der Waals surface area contributed by atoms with E-state index in [1.165, 1.54) is 18.4 Å². The number of para-hydroxylation sites is 1. The molecule has 1 saturated carbocycles. The quantitative estimate of drug-likeness (QED) is 0.836. The lowest BCUT2D eigenvalue weighted by Crippen LogP contribution is -2.11. The highest BCUT2D eigenvalue weighted by Crippen LogP contribution is 2.35. The molecule has 1 N–H and O–H groups in total. The number of methoxy groups -OCH3 is 1. The van der Waals surface area contributed by atoms with E-state index in [9.17, 15) is 0 Å². The third-order valence-corrected chi connectivity index (χ3v) is 4.18. The molecule has 0 saturated heterocycles. The molecule has 3 nitrogen and oxygen atoms in total. The zero-order valence-electron chi connectivity index (χ0n) is 13.3. The second kappa shape index (κ2) is 6.73. The molecule has 1 fully saturated rings. The van der Waals surface area contributed by atoms with E-state index in [-0.39, 0.29) is 0 Å². The van der Waals surface area contributed by atoms with Crippen LogP contribution in [0.2, 0.25) is 0 Å². The number of hydrogen-bond donors (Lipinski definition) is 1. The van der Waals surface area contributed by atoms with Gasteiger partial charge in [0.15, 0.2) is 11.5 Å². The van der Waals surface area contributed by atoms with Crippen LogP contribution in [0, 0.1) is 6.92 Å². The monoisotopic (exact) mass is 297 g/mol. The van der Waals surface area contributed by atoms with Gasteiger partial charge in [-0.1, -0.05) is 18.2 Å². The van der Waals surface area contributed by atoms with Crippen molar-refractivity contribution in [3.05, 3.63) is 48.0 Å². The van der Waals surface area contributed by atoms with E-state index in [4.69, 9.17) is 9.47 Å². The first-order valence-corrected chi connectivity index (χ1v) is 7.93. The standard InChI is InChI=1S/C19H23NO2/c1-14-7-3-6-10-17(14)20-15-11-12-18(21-2)19(13-15)22-16-8-4-5-9-16/h3,6-7,10-13,16,20H,4-5,8-9H2,1-2H3. The van der Waals surface area contributed by atoms with Crippen LogP contribution in [-0.2, 0) is 0 Å². The van der Waals surface area contributed by atoms with Gasteiger partial charge >= 0.3 is 0 Å². The molecule has 2 aromatic rings. The van der Waals surface area contributed by atoms with Crippen LogP contribution in [0.4, 0.5) is 11.4 Å². The van der Waals surface area contributed by atoms with Crippen LogP contribution in [0.15, 0.2) is 42.5 Å². The Morgan fingerprint density at radius 2 is 1.77 bits per heavy atom. The Morgan fingerprint density at radius 1 is 1.00 bits per heavy atom. The van der Waals surface area contributed by atoms with Crippen molar-refractivity contribution in [3.8, 4) is 11.5 Å². The van der Waals surface area contributed by atoms with Crippen molar-refractivity contribution in [1.82, 2.24) is 0 Å². The summed E-state index contributed by atoms with van der Waals surface area (Å²) in [7, 11) is 1.69. The summed E-state index contributed by atoms with van der Waals surface area (Å²) in [6.45, 7) is 2.10. The maximum absolute atomic E-state index is 6.14. The van der Waals surface area contributed by atoms with Gasteiger partial charge in [0.05, 0.1) is 13.2 Å². The van der Waals surface area contributed by atoms with Crippen molar-refractivity contribution >= 4 is 11.4 Å². The molecule has 3 heteroatoms. The van der Waals surface area contributed by atoms with Crippen LogP contribution >= 0.6 is 0 Å². The van der Waals surface area contributed by atoms with Crippen molar-refractivity contribution in [2.45, 2.75) is 38.7 Å². The summed E-state index contributed by atoms with van der Waals surface area (Å²) < 4.78 is 11.6. The van der Waals surface area contributed by atoms with Gasteiger partial charge in [-0.3, -0.25) is 0 Å². The predicted octanol–water partition coefficient (Wildman–Crippen LogP) is 5.07. The van der Waals surface area contributed by atoms with Crippen molar-refractivity contribution < 1.29 is 9.47 Å². The number of rotatable bonds is 5. The zero-order chi connectivity index (χ0) is 15.4. The molecule has 0 aliphatic heterocycles. The first-order valence-electron chi connectivity index (χ1n) is 7.93. The summed E-state index contributed by atoms with van der Waals surface area (Å²) >= 11 is 0. The number of aryl methyl sites for hydroxylation is 1. The van der Waals surface area contributed by atoms with Gasteiger partial charge in [-0.15, -0.1) is 0 Å². The lowest BCUT2D eigenvalue weighted by Gasteiger charge is -2.17. The minimum Gasteiger partial charge on any atom is -0.493 e. The molecule has 0 amide bonds. The second-order valence-corrected chi connectivity index (χ2v) is 5.83. The van der Waals surface area contributed by atoms with E-state index in [1.807, 2.05) is 30.3 Å². The van der Waals surface area contributed by atoms with Gasteiger partial charge in [-0.25, -0.2) is 0 Å². The molecule has 2 aromatic carbocycles. The average Bonchev–Trinajstić information content (AvgIpc) is 3.03. The lowest BCUT2D eigenvalue weighted by molar-refractivity contribution is 0.201. The largest absolute Gasteiger partial charge is 0.493 e. The van der Waals surface area contributed by atoms with Gasteiger partial charge in [0.25, 0.3) is 0 Å². The van der Waals surface area contributed by atoms with Gasteiger partial charge < -0.3 is 14.8 Å². The van der Waals surface area contributed by atoms with Crippen molar-refractivity contribution in [3.63, 3.8) is 0 Å². The number of anilines is 2.